The zero-order valence-electron chi connectivity index (χ0n) is 18.0. The summed E-state index contributed by atoms with van der Waals surface area (Å²) < 4.78 is 11.4. The van der Waals surface area contributed by atoms with Crippen molar-refractivity contribution in [3.63, 3.8) is 0 Å². The first-order chi connectivity index (χ1) is 14.2. The van der Waals surface area contributed by atoms with Crippen LogP contribution in [0.3, 0.4) is 0 Å². The summed E-state index contributed by atoms with van der Waals surface area (Å²) >= 11 is 0. The van der Waals surface area contributed by atoms with E-state index in [-0.39, 0.29) is 41.8 Å². The Labute approximate surface area is 176 Å². The minimum absolute atomic E-state index is 0.00347. The van der Waals surface area contributed by atoms with Gasteiger partial charge in [-0.25, -0.2) is 4.99 Å². The molecule has 30 heavy (non-hydrogen) atoms. The number of amides is 2. The molecule has 2 amide bonds. The van der Waals surface area contributed by atoms with Crippen molar-refractivity contribution < 1.29 is 19.1 Å². The Morgan fingerprint density at radius 1 is 1.40 bits per heavy atom. The lowest BCUT2D eigenvalue weighted by Gasteiger charge is -2.33. The molecule has 8 heteroatoms. The highest BCUT2D eigenvalue weighted by Crippen LogP contribution is 2.44. The molecule has 3 unspecified atom stereocenters. The van der Waals surface area contributed by atoms with Crippen LogP contribution in [0.2, 0.25) is 0 Å². The molecule has 162 valence electrons. The average molecular weight is 415 g/mol. The van der Waals surface area contributed by atoms with Gasteiger partial charge in [-0.1, -0.05) is 6.07 Å². The van der Waals surface area contributed by atoms with Crippen LogP contribution in [-0.2, 0) is 9.59 Å². The summed E-state index contributed by atoms with van der Waals surface area (Å²) in [6.45, 7) is 6.21. The second-order valence-corrected chi connectivity index (χ2v) is 9.16. The van der Waals surface area contributed by atoms with Gasteiger partial charge in [-0.2, -0.15) is 0 Å². The van der Waals surface area contributed by atoms with Gasteiger partial charge >= 0.3 is 0 Å². The standard InChI is InChI=1S/C22H30N4O4/c1-12-8-15(19-16(29-4)6-5-7-17(19)30-12)24-20(28)14-9-13(14)11-26-18(27)10-22(2,3)25-21(26)23/h5-7,12-15H,8-11H2,1-4H3,(H2,23,25)(H,24,28)/t12?,13?,14-,15?/m1/s1. The third-order valence-corrected chi connectivity index (χ3v) is 6.06. The van der Waals surface area contributed by atoms with Gasteiger partial charge in [0, 0.05) is 18.9 Å². The number of hydrogen-bond donors (Lipinski definition) is 2. The van der Waals surface area contributed by atoms with Crippen molar-refractivity contribution in [2.75, 3.05) is 13.7 Å². The number of nitrogens with zero attached hydrogens (tertiary/aromatic N) is 2. The molecular weight excluding hydrogens is 384 g/mol. The van der Waals surface area contributed by atoms with Crippen LogP contribution in [0.1, 0.15) is 51.6 Å². The van der Waals surface area contributed by atoms with E-state index in [0.29, 0.717) is 25.1 Å². The fourth-order valence-electron chi connectivity index (χ4n) is 4.48. The second-order valence-electron chi connectivity index (χ2n) is 9.16. The number of methoxy groups -OCH3 is 1. The summed E-state index contributed by atoms with van der Waals surface area (Å²) in [4.78, 5) is 31.3. The number of guanidine groups is 1. The Kier molecular flexibility index (Phi) is 5.11. The molecule has 1 aromatic rings. The van der Waals surface area contributed by atoms with Gasteiger partial charge in [-0.05, 0) is 45.2 Å². The molecule has 0 saturated heterocycles. The molecule has 0 spiro atoms. The highest BCUT2D eigenvalue weighted by molar-refractivity contribution is 5.99. The van der Waals surface area contributed by atoms with E-state index >= 15 is 0 Å². The molecule has 8 nitrogen and oxygen atoms in total. The van der Waals surface area contributed by atoms with Gasteiger partial charge in [0.15, 0.2) is 5.96 Å². The molecule has 1 saturated carbocycles. The van der Waals surface area contributed by atoms with E-state index in [1.165, 1.54) is 4.90 Å². The number of nitrogens with one attached hydrogen (secondary N) is 1. The van der Waals surface area contributed by atoms with Gasteiger partial charge in [0.1, 0.15) is 11.5 Å². The summed E-state index contributed by atoms with van der Waals surface area (Å²) in [5, 5.41) is 3.18. The monoisotopic (exact) mass is 414 g/mol. The highest BCUT2D eigenvalue weighted by atomic mass is 16.5. The third kappa shape index (κ3) is 3.95. The van der Waals surface area contributed by atoms with Gasteiger partial charge in [-0.3, -0.25) is 14.5 Å². The lowest BCUT2D eigenvalue weighted by molar-refractivity contribution is -0.130. The van der Waals surface area contributed by atoms with Crippen molar-refractivity contribution in [2.45, 2.75) is 57.7 Å². The lowest BCUT2D eigenvalue weighted by atomic mass is 9.95. The minimum atomic E-state index is -0.468. The van der Waals surface area contributed by atoms with Crippen LogP contribution in [0, 0.1) is 11.8 Å². The van der Waals surface area contributed by atoms with Crippen LogP contribution in [0.4, 0.5) is 0 Å². The van der Waals surface area contributed by atoms with Crippen molar-refractivity contribution in [3.05, 3.63) is 23.8 Å². The maximum Gasteiger partial charge on any atom is 0.231 e. The number of aliphatic imine (C=N–C) groups is 1. The number of ether oxygens (including phenoxy) is 2. The summed E-state index contributed by atoms with van der Waals surface area (Å²) in [6.07, 6.45) is 1.74. The first kappa shape index (κ1) is 20.5. The van der Waals surface area contributed by atoms with Crippen LogP contribution in [0.25, 0.3) is 0 Å². The number of hydrogen-bond acceptors (Lipinski definition) is 6. The number of carbonyl (C=O) groups excluding carboxylic acids is 2. The van der Waals surface area contributed by atoms with E-state index in [1.54, 1.807) is 7.11 Å². The Hall–Kier alpha value is -2.77. The Morgan fingerprint density at radius 3 is 2.87 bits per heavy atom. The van der Waals surface area contributed by atoms with E-state index < -0.39 is 5.54 Å². The Balaban J connectivity index is 1.42. The molecule has 0 bridgehead atoms. The molecule has 1 aliphatic carbocycles. The Morgan fingerprint density at radius 2 is 2.17 bits per heavy atom. The first-order valence-corrected chi connectivity index (χ1v) is 10.5. The number of carbonyl (C=O) groups is 2. The van der Waals surface area contributed by atoms with Gasteiger partial charge in [-0.15, -0.1) is 0 Å². The van der Waals surface area contributed by atoms with Gasteiger partial charge in [0.05, 0.1) is 36.8 Å². The minimum Gasteiger partial charge on any atom is -0.496 e. The van der Waals surface area contributed by atoms with E-state index in [2.05, 4.69) is 10.3 Å². The van der Waals surface area contributed by atoms with Gasteiger partial charge in [0.2, 0.25) is 11.8 Å². The van der Waals surface area contributed by atoms with Crippen molar-refractivity contribution in [2.24, 2.45) is 22.6 Å². The summed E-state index contributed by atoms with van der Waals surface area (Å²) in [7, 11) is 1.62. The predicted molar refractivity (Wildman–Crippen MR) is 112 cm³/mol. The molecule has 1 fully saturated rings. The largest absolute Gasteiger partial charge is 0.496 e. The van der Waals surface area contributed by atoms with Crippen LogP contribution in [0.15, 0.2) is 23.2 Å². The van der Waals surface area contributed by atoms with E-state index in [9.17, 15) is 9.59 Å². The fraction of sp³-hybridized carbons (Fsp3) is 0.591. The molecule has 1 aromatic carbocycles. The predicted octanol–water partition coefficient (Wildman–Crippen LogP) is 1.99. The smallest absolute Gasteiger partial charge is 0.231 e. The number of rotatable bonds is 5. The third-order valence-electron chi connectivity index (χ3n) is 6.06. The lowest BCUT2D eigenvalue weighted by Crippen LogP contribution is -2.50. The molecule has 2 heterocycles. The van der Waals surface area contributed by atoms with Crippen molar-refractivity contribution in [3.8, 4) is 11.5 Å². The van der Waals surface area contributed by atoms with Crippen LogP contribution in [0.5, 0.6) is 11.5 Å². The van der Waals surface area contributed by atoms with E-state index in [1.807, 2.05) is 39.0 Å². The molecule has 4 atom stereocenters. The normalized spacial score (nSPS) is 29.4. The number of fused-ring (bicyclic) bond motifs is 1. The maximum atomic E-state index is 13.0. The van der Waals surface area contributed by atoms with Gasteiger partial charge in [0.25, 0.3) is 0 Å². The average Bonchev–Trinajstić information content (AvgIpc) is 3.42. The molecule has 3 N–H and O–H groups in total. The summed E-state index contributed by atoms with van der Waals surface area (Å²) in [6, 6.07) is 5.49. The molecule has 3 aliphatic rings. The second kappa shape index (κ2) is 7.49. The van der Waals surface area contributed by atoms with E-state index in [0.717, 1.165) is 17.7 Å². The van der Waals surface area contributed by atoms with Crippen molar-refractivity contribution in [1.29, 1.82) is 0 Å². The number of benzene rings is 1. The zero-order valence-corrected chi connectivity index (χ0v) is 18.0. The van der Waals surface area contributed by atoms with Gasteiger partial charge < -0.3 is 20.5 Å². The first-order valence-electron chi connectivity index (χ1n) is 10.5. The maximum absolute atomic E-state index is 13.0. The topological polar surface area (TPSA) is 106 Å². The molecule has 4 rings (SSSR count). The van der Waals surface area contributed by atoms with Crippen molar-refractivity contribution in [1.82, 2.24) is 10.2 Å². The van der Waals surface area contributed by atoms with Crippen LogP contribution < -0.4 is 20.5 Å². The molecule has 0 aromatic heterocycles. The fourth-order valence-corrected chi connectivity index (χ4v) is 4.48. The molecule has 2 aliphatic heterocycles. The molecular formula is C22H30N4O4. The van der Waals surface area contributed by atoms with Crippen molar-refractivity contribution >= 4 is 17.8 Å². The van der Waals surface area contributed by atoms with Crippen LogP contribution in [-0.4, -0.2) is 48.0 Å². The quantitative estimate of drug-likeness (QED) is 0.766. The summed E-state index contributed by atoms with van der Waals surface area (Å²) in [5.41, 5.74) is 6.43. The highest BCUT2D eigenvalue weighted by Gasteiger charge is 2.47. The Bertz CT molecular complexity index is 897. The molecule has 0 radical (unpaired) electrons. The van der Waals surface area contributed by atoms with Crippen LogP contribution >= 0.6 is 0 Å². The summed E-state index contributed by atoms with van der Waals surface area (Å²) in [5.74, 6) is 1.64. The van der Waals surface area contributed by atoms with E-state index in [4.69, 9.17) is 15.2 Å². The zero-order chi connectivity index (χ0) is 21.6. The SMILES string of the molecule is COc1cccc2c1C(NC(=O)[C@@H]1CC1CN1C(=O)CC(C)(C)N=C1N)CC(C)O2. The number of nitrogens with two attached hydrogens (primary N) is 1.